The van der Waals surface area contributed by atoms with Crippen molar-refractivity contribution in [3.8, 4) is 0 Å². The average Bonchev–Trinajstić information content (AvgIpc) is 2.75. The van der Waals surface area contributed by atoms with E-state index in [1.165, 1.54) is 9.80 Å². The van der Waals surface area contributed by atoms with Crippen molar-refractivity contribution in [2.45, 2.75) is 25.4 Å². The van der Waals surface area contributed by atoms with E-state index in [1.54, 1.807) is 38.4 Å². The number of carbonyl (C=O) groups excluding carboxylic acids is 2. The molecule has 0 aromatic heterocycles. The number of nitrogens with zero attached hydrogens (tertiary/aromatic N) is 2. The second-order valence-corrected chi connectivity index (χ2v) is 7.89. The summed E-state index contributed by atoms with van der Waals surface area (Å²) in [6.07, 6.45) is 0.325. The summed E-state index contributed by atoms with van der Waals surface area (Å²) in [5.41, 5.74) is 8.54. The van der Waals surface area contributed by atoms with Crippen LogP contribution in [-0.2, 0) is 33.8 Å². The van der Waals surface area contributed by atoms with Crippen LogP contribution in [0.2, 0.25) is 0 Å². The Morgan fingerprint density at radius 2 is 1.74 bits per heavy atom. The molecule has 0 aliphatic carbocycles. The van der Waals surface area contributed by atoms with Crippen LogP contribution in [0.1, 0.15) is 22.3 Å². The molecule has 3 rings (SSSR count). The maximum atomic E-state index is 13.5. The Kier molecular flexibility index (Phi) is 6.39. The zero-order valence-electron chi connectivity index (χ0n) is 17.5. The van der Waals surface area contributed by atoms with E-state index in [-0.39, 0.29) is 31.1 Å². The molecule has 1 heterocycles. The molecule has 1 aliphatic heterocycles. The number of amides is 2. The van der Waals surface area contributed by atoms with Gasteiger partial charge in [0.25, 0.3) is 0 Å². The first-order chi connectivity index (χ1) is 14.7. The summed E-state index contributed by atoms with van der Waals surface area (Å²) in [4.78, 5) is 41.0. The Morgan fingerprint density at radius 3 is 2.29 bits per heavy atom. The maximum absolute atomic E-state index is 13.5. The molecule has 4 N–H and O–H groups in total. The average molecular weight is 422 g/mol. The monoisotopic (exact) mass is 422 g/mol. The Balaban J connectivity index is 1.92. The highest BCUT2D eigenvalue weighted by molar-refractivity contribution is 6.01. The molecule has 1 unspecified atom stereocenters. The van der Waals surface area contributed by atoms with E-state index in [9.17, 15) is 19.5 Å². The third kappa shape index (κ3) is 4.74. The van der Waals surface area contributed by atoms with E-state index in [0.29, 0.717) is 5.56 Å². The highest BCUT2D eigenvalue weighted by Crippen LogP contribution is 2.26. The smallest absolute Gasteiger partial charge is 0.326 e. The van der Waals surface area contributed by atoms with E-state index in [2.05, 4.69) is 0 Å². The first kappa shape index (κ1) is 22.0. The topological polar surface area (TPSA) is 128 Å². The molecular formula is C23H26N4O4. The summed E-state index contributed by atoms with van der Waals surface area (Å²) in [6.45, 7) is 0.145. The summed E-state index contributed by atoms with van der Waals surface area (Å²) in [7, 11) is 3.14. The maximum Gasteiger partial charge on any atom is 0.326 e. The van der Waals surface area contributed by atoms with Gasteiger partial charge < -0.3 is 20.6 Å². The van der Waals surface area contributed by atoms with E-state index >= 15 is 0 Å². The normalized spacial score (nSPS) is 16.2. The van der Waals surface area contributed by atoms with Gasteiger partial charge in [-0.05, 0) is 23.1 Å². The van der Waals surface area contributed by atoms with Crippen molar-refractivity contribution in [2.75, 3.05) is 14.1 Å². The molecular weight excluding hydrogens is 396 g/mol. The number of nitrogen functional groups attached to an aromatic ring is 1. The van der Waals surface area contributed by atoms with Gasteiger partial charge in [0.1, 0.15) is 17.8 Å². The van der Waals surface area contributed by atoms with Crippen LogP contribution in [0.25, 0.3) is 0 Å². The zero-order valence-corrected chi connectivity index (χ0v) is 17.5. The predicted octanol–water partition coefficient (Wildman–Crippen LogP) is 1.26. The molecule has 2 aromatic carbocycles. The fourth-order valence-corrected chi connectivity index (χ4v) is 3.82. The summed E-state index contributed by atoms with van der Waals surface area (Å²) < 4.78 is 0. The summed E-state index contributed by atoms with van der Waals surface area (Å²) >= 11 is 0. The quantitative estimate of drug-likeness (QED) is 0.367. The van der Waals surface area contributed by atoms with Crippen LogP contribution in [0.3, 0.4) is 0 Å². The van der Waals surface area contributed by atoms with Crippen LogP contribution < -0.4 is 5.73 Å². The lowest BCUT2D eigenvalue weighted by Gasteiger charge is -2.36. The molecule has 2 aromatic rings. The van der Waals surface area contributed by atoms with Crippen LogP contribution in [0, 0.1) is 11.3 Å². The van der Waals surface area contributed by atoms with Crippen LogP contribution in [0.4, 0.5) is 0 Å². The minimum atomic E-state index is -1.09. The van der Waals surface area contributed by atoms with Gasteiger partial charge in [0.15, 0.2) is 0 Å². The lowest BCUT2D eigenvalue weighted by molar-refractivity contribution is -0.156. The van der Waals surface area contributed by atoms with E-state index < -0.39 is 23.8 Å². The number of aliphatic carboxylic acids is 1. The van der Waals surface area contributed by atoms with Crippen molar-refractivity contribution in [2.24, 2.45) is 11.7 Å². The number of nitrogens with two attached hydrogens (primary N) is 1. The van der Waals surface area contributed by atoms with Gasteiger partial charge in [0, 0.05) is 32.6 Å². The van der Waals surface area contributed by atoms with Crippen molar-refractivity contribution < 1.29 is 19.5 Å². The number of fused-ring (bicyclic) bond motifs is 1. The van der Waals surface area contributed by atoms with Crippen molar-refractivity contribution >= 4 is 23.6 Å². The van der Waals surface area contributed by atoms with Gasteiger partial charge >= 0.3 is 5.97 Å². The number of carboxylic acids is 1. The Hall–Kier alpha value is -3.68. The molecule has 31 heavy (non-hydrogen) atoms. The minimum Gasteiger partial charge on any atom is -0.480 e. The number of benzene rings is 2. The highest BCUT2D eigenvalue weighted by atomic mass is 16.4. The van der Waals surface area contributed by atoms with Crippen LogP contribution in [-0.4, -0.2) is 58.7 Å². The lowest BCUT2D eigenvalue weighted by Crippen LogP contribution is -2.53. The molecule has 1 aliphatic rings. The predicted molar refractivity (Wildman–Crippen MR) is 115 cm³/mol. The SMILES string of the molecule is CN(C)C(=O)C(Cc1ccc(C(=N)N)cc1)C(=O)N1Cc2ccccc2C[C@H]1C(=O)O. The Morgan fingerprint density at radius 1 is 1.13 bits per heavy atom. The summed E-state index contributed by atoms with van der Waals surface area (Å²) in [5.74, 6) is -3.10. The first-order valence-electron chi connectivity index (χ1n) is 9.93. The number of carboxylic acid groups (broad SMARTS) is 1. The van der Waals surface area contributed by atoms with Gasteiger partial charge in [-0.2, -0.15) is 0 Å². The van der Waals surface area contributed by atoms with Crippen molar-refractivity contribution in [3.05, 3.63) is 70.8 Å². The number of carbonyl (C=O) groups is 3. The summed E-state index contributed by atoms with van der Waals surface area (Å²) in [6, 6.07) is 13.2. The standard InChI is InChI=1S/C23H26N4O4/c1-26(2)21(28)18(11-14-7-9-15(10-8-14)20(24)25)22(29)27-13-17-6-4-3-5-16(17)12-19(27)23(30)31/h3-10,18-19H,11-13H2,1-2H3,(H3,24,25)(H,30,31)/t18?,19-/m0/s1. The van der Waals surface area contributed by atoms with Crippen molar-refractivity contribution in [3.63, 3.8) is 0 Å². The molecule has 0 saturated carbocycles. The molecule has 2 atom stereocenters. The van der Waals surface area contributed by atoms with Gasteiger partial charge in [-0.15, -0.1) is 0 Å². The third-order valence-corrected chi connectivity index (χ3v) is 5.56. The number of hydrogen-bond donors (Lipinski definition) is 3. The van der Waals surface area contributed by atoms with E-state index in [0.717, 1.165) is 16.7 Å². The minimum absolute atomic E-state index is 0.0696. The van der Waals surface area contributed by atoms with Gasteiger partial charge in [-0.3, -0.25) is 15.0 Å². The second kappa shape index (κ2) is 8.99. The zero-order chi connectivity index (χ0) is 22.7. The Labute approximate surface area is 180 Å². The van der Waals surface area contributed by atoms with Gasteiger partial charge in [0.2, 0.25) is 11.8 Å². The number of nitrogens with one attached hydrogen (secondary N) is 1. The molecule has 0 saturated heterocycles. The van der Waals surface area contributed by atoms with Crippen molar-refractivity contribution in [1.82, 2.24) is 9.80 Å². The van der Waals surface area contributed by atoms with Crippen LogP contribution in [0.15, 0.2) is 48.5 Å². The van der Waals surface area contributed by atoms with Gasteiger partial charge in [0.05, 0.1) is 0 Å². The van der Waals surface area contributed by atoms with Gasteiger partial charge in [-0.25, -0.2) is 4.79 Å². The molecule has 162 valence electrons. The molecule has 8 nitrogen and oxygen atoms in total. The van der Waals surface area contributed by atoms with Crippen LogP contribution >= 0.6 is 0 Å². The first-order valence-corrected chi connectivity index (χ1v) is 9.93. The summed E-state index contributed by atoms with van der Waals surface area (Å²) in [5, 5.41) is 17.3. The largest absolute Gasteiger partial charge is 0.480 e. The molecule has 0 spiro atoms. The molecule has 0 bridgehead atoms. The lowest BCUT2D eigenvalue weighted by atomic mass is 9.90. The number of amidine groups is 1. The van der Waals surface area contributed by atoms with Crippen LogP contribution in [0.5, 0.6) is 0 Å². The third-order valence-electron chi connectivity index (χ3n) is 5.56. The van der Waals surface area contributed by atoms with Crippen molar-refractivity contribution in [1.29, 1.82) is 5.41 Å². The molecule has 0 fully saturated rings. The van der Waals surface area contributed by atoms with E-state index in [4.69, 9.17) is 11.1 Å². The molecule has 0 radical (unpaired) electrons. The second-order valence-electron chi connectivity index (χ2n) is 7.89. The van der Waals surface area contributed by atoms with E-state index in [1.807, 2.05) is 24.3 Å². The number of rotatable bonds is 6. The molecule has 2 amide bonds. The fourth-order valence-electron chi connectivity index (χ4n) is 3.82. The van der Waals surface area contributed by atoms with Gasteiger partial charge in [-0.1, -0.05) is 48.5 Å². The highest BCUT2D eigenvalue weighted by Gasteiger charge is 2.40. The Bertz CT molecular complexity index is 1020. The number of hydrogen-bond acceptors (Lipinski definition) is 4. The molecule has 8 heteroatoms. The fraction of sp³-hybridized carbons (Fsp3) is 0.304.